The Balaban J connectivity index is 1.83. The van der Waals surface area contributed by atoms with Crippen LogP contribution in [0.15, 0.2) is 18.2 Å². The zero-order valence-electron chi connectivity index (χ0n) is 11.9. The van der Waals surface area contributed by atoms with Gasteiger partial charge in [-0.05, 0) is 31.4 Å². The molecular formula is C15H22N2O3. The standard InChI is InChI=1S/C15H22N2O3/c1-19-10-4-2-3-8-17-15(18)12-6-5-7-13-14(12)20-11-9-16-13/h5-7,16H,2-4,8-11H2,1H3,(H,17,18). The number of hydrogen-bond donors (Lipinski definition) is 2. The molecule has 0 spiro atoms. The Bertz CT molecular complexity index is 449. The summed E-state index contributed by atoms with van der Waals surface area (Å²) in [6, 6.07) is 5.59. The molecule has 110 valence electrons. The van der Waals surface area contributed by atoms with Crippen molar-refractivity contribution < 1.29 is 14.3 Å². The van der Waals surface area contributed by atoms with Gasteiger partial charge < -0.3 is 20.1 Å². The molecule has 0 radical (unpaired) electrons. The van der Waals surface area contributed by atoms with Crippen LogP contribution in [0.4, 0.5) is 5.69 Å². The molecule has 0 aliphatic carbocycles. The van der Waals surface area contributed by atoms with Crippen molar-refractivity contribution in [2.75, 3.05) is 38.7 Å². The highest BCUT2D eigenvalue weighted by Gasteiger charge is 2.18. The minimum absolute atomic E-state index is 0.0720. The van der Waals surface area contributed by atoms with Gasteiger partial charge in [0.1, 0.15) is 6.61 Å². The maximum absolute atomic E-state index is 12.2. The summed E-state index contributed by atoms with van der Waals surface area (Å²) in [6.07, 6.45) is 3.04. The van der Waals surface area contributed by atoms with Crippen molar-refractivity contribution in [2.24, 2.45) is 0 Å². The first-order chi connectivity index (χ1) is 9.83. The highest BCUT2D eigenvalue weighted by Crippen LogP contribution is 2.30. The van der Waals surface area contributed by atoms with Crippen LogP contribution >= 0.6 is 0 Å². The molecule has 5 heteroatoms. The van der Waals surface area contributed by atoms with Crippen LogP contribution in [-0.2, 0) is 4.74 Å². The van der Waals surface area contributed by atoms with Gasteiger partial charge in [0.15, 0.2) is 5.75 Å². The number of anilines is 1. The fraction of sp³-hybridized carbons (Fsp3) is 0.533. The van der Waals surface area contributed by atoms with Crippen molar-refractivity contribution in [3.63, 3.8) is 0 Å². The molecule has 0 aromatic heterocycles. The molecule has 2 rings (SSSR count). The van der Waals surface area contributed by atoms with Crippen LogP contribution < -0.4 is 15.4 Å². The van der Waals surface area contributed by atoms with E-state index in [-0.39, 0.29) is 5.91 Å². The SMILES string of the molecule is COCCCCCNC(=O)c1cccc2c1OCCN2. The van der Waals surface area contributed by atoms with Crippen molar-refractivity contribution in [1.82, 2.24) is 5.32 Å². The Morgan fingerprint density at radius 1 is 1.40 bits per heavy atom. The third kappa shape index (κ3) is 3.87. The van der Waals surface area contributed by atoms with Gasteiger partial charge in [0.2, 0.25) is 0 Å². The molecule has 1 aromatic carbocycles. The van der Waals surface area contributed by atoms with E-state index in [2.05, 4.69) is 10.6 Å². The first-order valence-electron chi connectivity index (χ1n) is 7.09. The highest BCUT2D eigenvalue weighted by molar-refractivity contribution is 5.98. The predicted octanol–water partition coefficient (Wildman–Crippen LogP) is 2.04. The molecule has 2 N–H and O–H groups in total. The minimum Gasteiger partial charge on any atom is -0.489 e. The molecule has 1 heterocycles. The lowest BCUT2D eigenvalue weighted by Crippen LogP contribution is -2.27. The van der Waals surface area contributed by atoms with Gasteiger partial charge in [0, 0.05) is 26.8 Å². The number of ether oxygens (including phenoxy) is 2. The van der Waals surface area contributed by atoms with Gasteiger partial charge in [-0.25, -0.2) is 0 Å². The third-order valence-corrected chi connectivity index (χ3v) is 3.23. The normalized spacial score (nSPS) is 13.1. The Morgan fingerprint density at radius 3 is 3.15 bits per heavy atom. The van der Waals surface area contributed by atoms with Crippen LogP contribution in [0.1, 0.15) is 29.6 Å². The fourth-order valence-corrected chi connectivity index (χ4v) is 2.19. The van der Waals surface area contributed by atoms with Crippen molar-refractivity contribution in [2.45, 2.75) is 19.3 Å². The topological polar surface area (TPSA) is 59.6 Å². The second-order valence-corrected chi connectivity index (χ2v) is 4.77. The molecule has 0 fully saturated rings. The summed E-state index contributed by atoms with van der Waals surface area (Å²) in [7, 11) is 1.70. The van der Waals surface area contributed by atoms with Crippen molar-refractivity contribution in [1.29, 1.82) is 0 Å². The quantitative estimate of drug-likeness (QED) is 0.749. The Kier molecular flexibility index (Phi) is 5.68. The van der Waals surface area contributed by atoms with Gasteiger partial charge in [-0.2, -0.15) is 0 Å². The fourth-order valence-electron chi connectivity index (χ4n) is 2.19. The average molecular weight is 278 g/mol. The van der Waals surface area contributed by atoms with Crippen LogP contribution in [0.5, 0.6) is 5.75 Å². The van der Waals surface area contributed by atoms with Crippen LogP contribution in [-0.4, -0.2) is 39.3 Å². The zero-order chi connectivity index (χ0) is 14.2. The molecule has 0 unspecified atom stereocenters. The van der Waals surface area contributed by atoms with E-state index in [1.54, 1.807) is 13.2 Å². The number of hydrogen-bond acceptors (Lipinski definition) is 4. The molecule has 0 atom stereocenters. The smallest absolute Gasteiger partial charge is 0.255 e. The number of nitrogens with one attached hydrogen (secondary N) is 2. The van der Waals surface area contributed by atoms with Crippen molar-refractivity contribution >= 4 is 11.6 Å². The number of benzene rings is 1. The van der Waals surface area contributed by atoms with Crippen molar-refractivity contribution in [3.8, 4) is 5.75 Å². The Hall–Kier alpha value is -1.75. The predicted molar refractivity (Wildman–Crippen MR) is 78.5 cm³/mol. The molecular weight excluding hydrogens is 256 g/mol. The molecule has 5 nitrogen and oxygen atoms in total. The van der Waals surface area contributed by atoms with Gasteiger partial charge >= 0.3 is 0 Å². The number of amides is 1. The van der Waals surface area contributed by atoms with E-state index in [0.29, 0.717) is 24.5 Å². The van der Waals surface area contributed by atoms with E-state index in [4.69, 9.17) is 9.47 Å². The summed E-state index contributed by atoms with van der Waals surface area (Å²) in [6.45, 7) is 2.82. The van der Waals surface area contributed by atoms with E-state index in [1.807, 2.05) is 12.1 Å². The van der Waals surface area contributed by atoms with Crippen LogP contribution in [0.25, 0.3) is 0 Å². The summed E-state index contributed by atoms with van der Waals surface area (Å²) in [4.78, 5) is 12.2. The average Bonchev–Trinajstić information content (AvgIpc) is 2.50. The summed E-state index contributed by atoms with van der Waals surface area (Å²) in [5.74, 6) is 0.591. The van der Waals surface area contributed by atoms with Gasteiger partial charge in [-0.3, -0.25) is 4.79 Å². The Labute approximate surface area is 119 Å². The third-order valence-electron chi connectivity index (χ3n) is 3.23. The van der Waals surface area contributed by atoms with Crippen molar-refractivity contribution in [3.05, 3.63) is 23.8 Å². The van der Waals surface area contributed by atoms with E-state index in [0.717, 1.165) is 38.1 Å². The summed E-state index contributed by atoms with van der Waals surface area (Å²) < 4.78 is 10.6. The molecule has 0 saturated carbocycles. The molecule has 1 amide bonds. The van der Waals surface area contributed by atoms with Gasteiger partial charge in [-0.15, -0.1) is 0 Å². The molecule has 20 heavy (non-hydrogen) atoms. The van der Waals surface area contributed by atoms with Gasteiger partial charge in [0.25, 0.3) is 5.91 Å². The second kappa shape index (κ2) is 7.75. The molecule has 0 saturated heterocycles. The number of rotatable bonds is 7. The first kappa shape index (κ1) is 14.7. The second-order valence-electron chi connectivity index (χ2n) is 4.77. The highest BCUT2D eigenvalue weighted by atomic mass is 16.5. The number of methoxy groups -OCH3 is 1. The molecule has 1 aromatic rings. The number of unbranched alkanes of at least 4 members (excludes halogenated alkanes) is 2. The summed E-state index contributed by atoms with van der Waals surface area (Å²) in [5.41, 5.74) is 1.50. The number of carbonyl (C=O) groups is 1. The zero-order valence-corrected chi connectivity index (χ0v) is 11.9. The van der Waals surface area contributed by atoms with Crippen LogP contribution in [0.3, 0.4) is 0 Å². The van der Waals surface area contributed by atoms with E-state index < -0.39 is 0 Å². The summed E-state index contributed by atoms with van der Waals surface area (Å²) in [5, 5.41) is 6.17. The minimum atomic E-state index is -0.0720. The monoisotopic (exact) mass is 278 g/mol. The molecule has 1 aliphatic heterocycles. The number of carbonyl (C=O) groups excluding carboxylic acids is 1. The molecule has 1 aliphatic rings. The number of fused-ring (bicyclic) bond motifs is 1. The van der Waals surface area contributed by atoms with Crippen LogP contribution in [0, 0.1) is 0 Å². The maximum Gasteiger partial charge on any atom is 0.255 e. The van der Waals surface area contributed by atoms with Crippen LogP contribution in [0.2, 0.25) is 0 Å². The first-order valence-corrected chi connectivity index (χ1v) is 7.09. The Morgan fingerprint density at radius 2 is 2.30 bits per heavy atom. The largest absolute Gasteiger partial charge is 0.489 e. The lowest BCUT2D eigenvalue weighted by atomic mass is 10.1. The van der Waals surface area contributed by atoms with Gasteiger partial charge in [0.05, 0.1) is 11.3 Å². The van der Waals surface area contributed by atoms with Gasteiger partial charge in [-0.1, -0.05) is 6.07 Å². The maximum atomic E-state index is 12.2. The van der Waals surface area contributed by atoms with E-state index >= 15 is 0 Å². The van der Waals surface area contributed by atoms with E-state index in [1.165, 1.54) is 0 Å². The lowest BCUT2D eigenvalue weighted by molar-refractivity contribution is 0.0948. The lowest BCUT2D eigenvalue weighted by Gasteiger charge is -2.21. The van der Waals surface area contributed by atoms with E-state index in [9.17, 15) is 4.79 Å². The summed E-state index contributed by atoms with van der Waals surface area (Å²) >= 11 is 0. The number of para-hydroxylation sites is 1. The molecule has 0 bridgehead atoms.